The van der Waals surface area contributed by atoms with Crippen LogP contribution in [0.1, 0.15) is 20.3 Å². The number of aliphatic imine (C=N–C) groups is 1. The Morgan fingerprint density at radius 1 is 1.34 bits per heavy atom. The van der Waals surface area contributed by atoms with Gasteiger partial charge in [0.15, 0.2) is 15.8 Å². The monoisotopic (exact) mass is 555 g/mol. The third-order valence-electron chi connectivity index (χ3n) is 5.46. The van der Waals surface area contributed by atoms with Gasteiger partial charge in [-0.05, 0) is 43.0 Å². The molecule has 172 valence electrons. The molecule has 1 saturated carbocycles. The Morgan fingerprint density at radius 2 is 2.00 bits per heavy atom. The van der Waals surface area contributed by atoms with Crippen molar-refractivity contribution in [2.75, 3.05) is 6.61 Å². The highest BCUT2D eigenvalue weighted by Gasteiger charge is 2.85. The van der Waals surface area contributed by atoms with E-state index in [0.29, 0.717) is 17.1 Å². The molecule has 4 atom stereocenters. The van der Waals surface area contributed by atoms with Gasteiger partial charge in [-0.1, -0.05) is 46.4 Å². The zero-order valence-corrected chi connectivity index (χ0v) is 21.4. The van der Waals surface area contributed by atoms with Crippen molar-refractivity contribution in [3.63, 3.8) is 0 Å². The summed E-state index contributed by atoms with van der Waals surface area (Å²) in [6.07, 6.45) is 0.465. The first kappa shape index (κ1) is 24.3. The lowest BCUT2D eigenvalue weighted by molar-refractivity contribution is -0.165. The van der Waals surface area contributed by atoms with E-state index >= 15 is 0 Å². The summed E-state index contributed by atoms with van der Waals surface area (Å²) >= 11 is 25.4. The number of carbonyl (C=O) groups excluding carboxylic acids is 3. The third-order valence-corrected chi connectivity index (χ3v) is 8.46. The number of thioether (sulfide) groups is 2. The molecule has 0 radical (unpaired) electrons. The van der Waals surface area contributed by atoms with Gasteiger partial charge in [-0.15, -0.1) is 11.8 Å². The van der Waals surface area contributed by atoms with Crippen LogP contribution in [0.4, 0.5) is 5.69 Å². The van der Waals surface area contributed by atoms with Gasteiger partial charge in [-0.3, -0.25) is 9.59 Å². The van der Waals surface area contributed by atoms with Crippen LogP contribution in [0.2, 0.25) is 5.02 Å². The Morgan fingerprint density at radius 3 is 2.59 bits per heavy atom. The number of nitrogens with zero attached hydrogens (tertiary/aromatic N) is 2. The highest BCUT2D eigenvalue weighted by atomic mass is 35.6. The summed E-state index contributed by atoms with van der Waals surface area (Å²) in [5.41, 5.74) is -0.496. The highest BCUT2D eigenvalue weighted by Crippen LogP contribution is 2.72. The summed E-state index contributed by atoms with van der Waals surface area (Å²) in [6.45, 7) is 2.92. The van der Waals surface area contributed by atoms with Gasteiger partial charge in [0.1, 0.15) is 18.0 Å². The molecule has 3 aliphatic rings. The first-order valence-corrected chi connectivity index (χ1v) is 12.6. The zero-order chi connectivity index (χ0) is 23.5. The van der Waals surface area contributed by atoms with Crippen molar-refractivity contribution in [3.8, 4) is 0 Å². The quantitative estimate of drug-likeness (QED) is 0.194. The third kappa shape index (κ3) is 4.32. The van der Waals surface area contributed by atoms with E-state index < -0.39 is 32.7 Å². The van der Waals surface area contributed by atoms with E-state index in [-0.39, 0.29) is 21.6 Å². The van der Waals surface area contributed by atoms with Gasteiger partial charge >= 0.3 is 5.97 Å². The number of ether oxygens (including phenoxy) is 1. The Kier molecular flexibility index (Phi) is 6.40. The van der Waals surface area contributed by atoms with Gasteiger partial charge < -0.3 is 15.0 Å². The number of alkyl halides is 3. The molecule has 2 heterocycles. The minimum atomic E-state index is -1.73. The van der Waals surface area contributed by atoms with Crippen LogP contribution in [0.3, 0.4) is 0 Å². The minimum Gasteiger partial charge on any atom is -0.459 e. The molecule has 7 nitrogen and oxygen atoms in total. The Hall–Kier alpha value is -0.840. The number of amidine groups is 1. The lowest BCUT2D eigenvalue weighted by atomic mass is 10.0. The normalized spacial score (nSPS) is 30.9. The number of hydrogen-bond acceptors (Lipinski definition) is 7. The second kappa shape index (κ2) is 8.43. The SMILES string of the molecule is CC(=O)SC(=Nc1ccc(Cl)cc1)NC1C(=O)N2[C@H]1SC1(C)CC21C(=O)OCC(Cl)(Cl)Cl. The number of amides is 1. The molecule has 3 fully saturated rings. The van der Waals surface area contributed by atoms with Gasteiger partial charge in [0.05, 0.1) is 10.4 Å². The highest BCUT2D eigenvalue weighted by molar-refractivity contribution is 8.26. The van der Waals surface area contributed by atoms with Crippen molar-refractivity contribution in [1.29, 1.82) is 0 Å². The largest absolute Gasteiger partial charge is 0.459 e. The van der Waals surface area contributed by atoms with Crippen molar-refractivity contribution in [1.82, 2.24) is 10.2 Å². The molecule has 2 saturated heterocycles. The van der Waals surface area contributed by atoms with E-state index in [1.165, 1.54) is 23.6 Å². The molecule has 2 aliphatic heterocycles. The van der Waals surface area contributed by atoms with E-state index in [9.17, 15) is 14.4 Å². The van der Waals surface area contributed by atoms with Gasteiger partial charge in [0, 0.05) is 18.4 Å². The molecule has 0 spiro atoms. The fraction of sp³-hybridized carbons (Fsp3) is 0.474. The van der Waals surface area contributed by atoms with Crippen molar-refractivity contribution in [2.45, 2.75) is 45.8 Å². The number of halogens is 4. The van der Waals surface area contributed by atoms with Crippen molar-refractivity contribution < 1.29 is 19.1 Å². The average Bonchev–Trinajstić information content (AvgIpc) is 3.22. The molecule has 0 aromatic heterocycles. The van der Waals surface area contributed by atoms with E-state index in [0.717, 1.165) is 11.8 Å². The number of nitrogens with one attached hydrogen (secondary N) is 1. The molecule has 0 bridgehead atoms. The van der Waals surface area contributed by atoms with Crippen LogP contribution in [-0.4, -0.2) is 59.2 Å². The Labute approximate surface area is 212 Å². The van der Waals surface area contributed by atoms with Gasteiger partial charge in [-0.2, -0.15) is 0 Å². The van der Waals surface area contributed by atoms with Crippen LogP contribution >= 0.6 is 69.9 Å². The standard InChI is InChI=1S/C19H17Cl4N3O4S2/c1-9(27)31-16(24-11-5-3-10(20)4-6-11)25-12-13(28)26-14(12)32-17(2)7-18(17,26)15(29)30-8-19(21,22)23/h3-6,12,14H,7-8H2,1-2H3,(H,24,25)/t12?,14-,17?,18?/m0/s1. The lowest BCUT2D eigenvalue weighted by Crippen LogP contribution is -2.72. The summed E-state index contributed by atoms with van der Waals surface area (Å²) in [4.78, 5) is 43.6. The number of hydrogen-bond donors (Lipinski definition) is 1. The Bertz CT molecular complexity index is 1020. The van der Waals surface area contributed by atoms with Gasteiger partial charge in [-0.25, -0.2) is 9.79 Å². The lowest BCUT2D eigenvalue weighted by Gasteiger charge is -2.46. The number of esters is 1. The second-order valence-corrected chi connectivity index (χ2v) is 13.5. The van der Waals surface area contributed by atoms with Crippen LogP contribution in [0.5, 0.6) is 0 Å². The summed E-state index contributed by atoms with van der Waals surface area (Å²) < 4.78 is 2.99. The second-order valence-electron chi connectivity index (χ2n) is 7.78. The van der Waals surface area contributed by atoms with Crippen molar-refractivity contribution in [2.24, 2.45) is 4.99 Å². The maximum atomic E-state index is 13.0. The molecule has 1 aliphatic carbocycles. The fourth-order valence-corrected chi connectivity index (χ4v) is 6.76. The predicted octanol–water partition coefficient (Wildman–Crippen LogP) is 4.30. The molecule has 1 amide bonds. The molecule has 1 aromatic rings. The van der Waals surface area contributed by atoms with E-state index in [1.807, 2.05) is 6.92 Å². The first-order valence-electron chi connectivity index (χ1n) is 9.40. The maximum absolute atomic E-state index is 13.0. The van der Waals surface area contributed by atoms with Crippen LogP contribution < -0.4 is 5.32 Å². The number of carbonyl (C=O) groups is 3. The van der Waals surface area contributed by atoms with Crippen LogP contribution in [0.15, 0.2) is 29.3 Å². The summed E-state index contributed by atoms with van der Waals surface area (Å²) in [7, 11) is 0. The molecular formula is C19H17Cl4N3O4S2. The fourth-order valence-electron chi connectivity index (χ4n) is 3.95. The summed E-state index contributed by atoms with van der Waals surface area (Å²) in [6, 6.07) is 6.13. The zero-order valence-electron chi connectivity index (χ0n) is 16.7. The number of β-lactam (4-membered cyclic amide) rings is 1. The molecule has 13 heteroatoms. The molecule has 3 unspecified atom stereocenters. The summed E-state index contributed by atoms with van der Waals surface area (Å²) in [5.74, 6) is -0.858. The molecule has 1 aromatic carbocycles. The van der Waals surface area contributed by atoms with E-state index in [4.69, 9.17) is 51.1 Å². The van der Waals surface area contributed by atoms with Crippen LogP contribution in [0, 0.1) is 0 Å². The van der Waals surface area contributed by atoms with Gasteiger partial charge in [0.25, 0.3) is 0 Å². The first-order chi connectivity index (χ1) is 14.9. The van der Waals surface area contributed by atoms with E-state index in [2.05, 4.69) is 10.3 Å². The topological polar surface area (TPSA) is 88.1 Å². The van der Waals surface area contributed by atoms with Crippen molar-refractivity contribution >= 4 is 97.8 Å². The number of rotatable bonds is 4. The number of fused-ring (bicyclic) bond motifs is 3. The predicted molar refractivity (Wildman–Crippen MR) is 129 cm³/mol. The van der Waals surface area contributed by atoms with E-state index in [1.54, 1.807) is 24.3 Å². The van der Waals surface area contributed by atoms with Crippen molar-refractivity contribution in [3.05, 3.63) is 29.3 Å². The molecule has 4 rings (SSSR count). The molecular weight excluding hydrogens is 540 g/mol. The summed E-state index contributed by atoms with van der Waals surface area (Å²) in [5, 5.41) is 3.42. The van der Waals surface area contributed by atoms with Crippen LogP contribution in [0.25, 0.3) is 0 Å². The minimum absolute atomic E-state index is 0.186. The maximum Gasteiger partial charge on any atom is 0.333 e. The van der Waals surface area contributed by atoms with Crippen LogP contribution in [-0.2, 0) is 19.1 Å². The number of benzene rings is 1. The van der Waals surface area contributed by atoms with Gasteiger partial charge in [0.2, 0.25) is 9.70 Å². The Balaban J connectivity index is 1.50. The smallest absolute Gasteiger partial charge is 0.333 e. The average molecular weight is 557 g/mol. The molecule has 1 N–H and O–H groups in total. The molecule has 32 heavy (non-hydrogen) atoms.